The summed E-state index contributed by atoms with van der Waals surface area (Å²) in [7, 11) is -0.965. The Morgan fingerprint density at radius 1 is 1.33 bits per heavy atom. The van der Waals surface area contributed by atoms with E-state index in [1.54, 1.807) is 4.90 Å². The summed E-state index contributed by atoms with van der Waals surface area (Å²) in [5, 5.41) is 11.4. The van der Waals surface area contributed by atoms with Crippen LogP contribution in [0.1, 0.15) is 65.2 Å². The molecule has 1 aliphatic heterocycles. The van der Waals surface area contributed by atoms with Crippen molar-refractivity contribution in [1.29, 1.82) is 0 Å². The van der Waals surface area contributed by atoms with E-state index in [2.05, 4.69) is 33.9 Å². The van der Waals surface area contributed by atoms with Gasteiger partial charge in [-0.15, -0.1) is 10.2 Å². The zero-order valence-corrected chi connectivity index (χ0v) is 16.3. The molecular formula is C16H29N5O2S. The van der Waals surface area contributed by atoms with Gasteiger partial charge in [0.25, 0.3) is 0 Å². The number of hydrogen-bond acceptors (Lipinski definition) is 4. The zero-order chi connectivity index (χ0) is 18.1. The van der Waals surface area contributed by atoms with E-state index in [4.69, 9.17) is 0 Å². The molecule has 0 spiro atoms. The molecule has 2 rings (SSSR count). The van der Waals surface area contributed by atoms with Crippen molar-refractivity contribution in [2.75, 3.05) is 18.8 Å². The molecule has 0 bridgehead atoms. The normalized spacial score (nSPS) is 19.3. The van der Waals surface area contributed by atoms with Crippen LogP contribution in [0, 0.1) is 0 Å². The maximum Gasteiger partial charge on any atom is 0.318 e. The van der Waals surface area contributed by atoms with Gasteiger partial charge in [-0.1, -0.05) is 13.8 Å². The van der Waals surface area contributed by atoms with E-state index < -0.39 is 10.8 Å². The van der Waals surface area contributed by atoms with E-state index in [0.29, 0.717) is 31.3 Å². The summed E-state index contributed by atoms with van der Waals surface area (Å²) >= 11 is 0. The predicted octanol–water partition coefficient (Wildman–Crippen LogP) is 2.03. The van der Waals surface area contributed by atoms with Crippen molar-refractivity contribution in [2.24, 2.45) is 0 Å². The molecule has 1 N–H and O–H groups in total. The number of fused-ring (bicyclic) bond motifs is 1. The van der Waals surface area contributed by atoms with Crippen LogP contribution in [0.25, 0.3) is 0 Å². The second-order valence-electron chi connectivity index (χ2n) is 7.49. The molecule has 136 valence electrons. The Morgan fingerprint density at radius 2 is 2.00 bits per heavy atom. The highest BCUT2D eigenvalue weighted by molar-refractivity contribution is 7.86. The molecule has 2 unspecified atom stereocenters. The van der Waals surface area contributed by atoms with Gasteiger partial charge in [-0.2, -0.15) is 0 Å². The molecule has 1 aromatic rings. The average Bonchev–Trinajstić information content (AvgIpc) is 2.91. The second kappa shape index (κ2) is 7.21. The number of urea groups is 1. The van der Waals surface area contributed by atoms with E-state index in [-0.39, 0.29) is 16.8 Å². The number of nitrogens with zero attached hydrogens (tertiary/aromatic N) is 4. The fourth-order valence-corrected chi connectivity index (χ4v) is 3.67. The molecule has 8 heteroatoms. The minimum atomic E-state index is -0.965. The minimum Gasteiger partial charge on any atom is -0.337 e. The van der Waals surface area contributed by atoms with Crippen molar-refractivity contribution in [2.45, 2.75) is 64.8 Å². The van der Waals surface area contributed by atoms with E-state index in [0.717, 1.165) is 11.6 Å². The Balaban J connectivity index is 1.96. The quantitative estimate of drug-likeness (QED) is 0.896. The largest absolute Gasteiger partial charge is 0.337 e. The monoisotopic (exact) mass is 355 g/mol. The van der Waals surface area contributed by atoms with Crippen LogP contribution >= 0.6 is 0 Å². The first-order valence-electron chi connectivity index (χ1n) is 8.49. The fourth-order valence-electron chi connectivity index (χ4n) is 2.77. The van der Waals surface area contributed by atoms with Crippen LogP contribution in [-0.4, -0.2) is 53.5 Å². The first kappa shape index (κ1) is 18.9. The molecule has 0 aromatic carbocycles. The number of amides is 2. The summed E-state index contributed by atoms with van der Waals surface area (Å²) < 4.78 is 13.9. The molecule has 2 heterocycles. The predicted molar refractivity (Wildman–Crippen MR) is 95.4 cm³/mol. The van der Waals surface area contributed by atoms with Crippen molar-refractivity contribution >= 4 is 16.8 Å². The standard InChI is InChI=1S/C16H29N5O2S/c1-11(2)13-18-19-14-12(3)20(8-9-21(13)14)15(22)17-7-10-24(23)16(4,5)6/h11-12H,7-10H2,1-6H3,(H,17,22). The molecule has 1 aromatic heterocycles. The molecule has 0 aliphatic carbocycles. The Morgan fingerprint density at radius 3 is 2.58 bits per heavy atom. The molecule has 7 nitrogen and oxygen atoms in total. The lowest BCUT2D eigenvalue weighted by Gasteiger charge is -2.34. The first-order chi connectivity index (χ1) is 11.1. The topological polar surface area (TPSA) is 80.1 Å². The summed E-state index contributed by atoms with van der Waals surface area (Å²) in [6, 6.07) is -0.249. The van der Waals surface area contributed by atoms with Gasteiger partial charge in [0.15, 0.2) is 5.82 Å². The van der Waals surface area contributed by atoms with Crippen LogP contribution in [0.5, 0.6) is 0 Å². The highest BCUT2D eigenvalue weighted by Crippen LogP contribution is 2.26. The van der Waals surface area contributed by atoms with Crippen molar-refractivity contribution in [1.82, 2.24) is 25.0 Å². The maximum absolute atomic E-state index is 12.4. The lowest BCUT2D eigenvalue weighted by atomic mass is 10.1. The van der Waals surface area contributed by atoms with Crippen molar-refractivity contribution < 1.29 is 9.00 Å². The van der Waals surface area contributed by atoms with Gasteiger partial charge in [-0.05, 0) is 27.7 Å². The van der Waals surface area contributed by atoms with E-state index >= 15 is 0 Å². The van der Waals surface area contributed by atoms with Crippen LogP contribution in [0.4, 0.5) is 4.79 Å². The van der Waals surface area contributed by atoms with Gasteiger partial charge in [0, 0.05) is 46.9 Å². The zero-order valence-electron chi connectivity index (χ0n) is 15.5. The molecule has 2 amide bonds. The lowest BCUT2D eigenvalue weighted by Crippen LogP contribution is -2.47. The molecular weight excluding hydrogens is 326 g/mol. The average molecular weight is 356 g/mol. The number of carbonyl (C=O) groups is 1. The Labute approximate surface area is 146 Å². The van der Waals surface area contributed by atoms with Gasteiger partial charge in [0.05, 0.1) is 6.04 Å². The van der Waals surface area contributed by atoms with Gasteiger partial charge in [0.1, 0.15) is 5.82 Å². The maximum atomic E-state index is 12.4. The highest BCUT2D eigenvalue weighted by Gasteiger charge is 2.31. The van der Waals surface area contributed by atoms with Gasteiger partial charge in [-0.3, -0.25) is 4.21 Å². The molecule has 0 saturated heterocycles. The minimum absolute atomic E-state index is 0.119. The lowest BCUT2D eigenvalue weighted by molar-refractivity contribution is 0.160. The van der Waals surface area contributed by atoms with Gasteiger partial charge in [-0.25, -0.2) is 4.79 Å². The van der Waals surface area contributed by atoms with Crippen molar-refractivity contribution in [3.05, 3.63) is 11.6 Å². The summed E-state index contributed by atoms with van der Waals surface area (Å²) in [4.78, 5) is 14.2. The van der Waals surface area contributed by atoms with Crippen molar-refractivity contribution in [3.8, 4) is 0 Å². The smallest absolute Gasteiger partial charge is 0.318 e. The van der Waals surface area contributed by atoms with Crippen molar-refractivity contribution in [3.63, 3.8) is 0 Å². The number of nitrogens with one attached hydrogen (secondary N) is 1. The van der Waals surface area contributed by atoms with Crippen LogP contribution < -0.4 is 5.32 Å². The first-order valence-corrected chi connectivity index (χ1v) is 9.80. The summed E-state index contributed by atoms with van der Waals surface area (Å²) in [6.07, 6.45) is 0. The number of hydrogen-bond donors (Lipinski definition) is 1. The van der Waals surface area contributed by atoms with E-state index in [9.17, 15) is 9.00 Å². The van der Waals surface area contributed by atoms with Crippen LogP contribution in [0.15, 0.2) is 0 Å². The highest BCUT2D eigenvalue weighted by atomic mass is 32.2. The molecule has 24 heavy (non-hydrogen) atoms. The van der Waals surface area contributed by atoms with E-state index in [1.165, 1.54) is 0 Å². The molecule has 0 radical (unpaired) electrons. The Kier molecular flexibility index (Phi) is 5.67. The molecule has 1 aliphatic rings. The SMILES string of the molecule is CC(C)c1nnc2n1CCN(C(=O)NCCS(=O)C(C)(C)C)C2C. The number of aromatic nitrogens is 3. The third kappa shape index (κ3) is 3.96. The van der Waals surface area contributed by atoms with Crippen LogP contribution in [-0.2, 0) is 17.3 Å². The fraction of sp³-hybridized carbons (Fsp3) is 0.812. The second-order valence-corrected chi connectivity index (χ2v) is 9.81. The van der Waals surface area contributed by atoms with Gasteiger partial charge < -0.3 is 14.8 Å². The van der Waals surface area contributed by atoms with Crippen LogP contribution in [0.2, 0.25) is 0 Å². The summed E-state index contributed by atoms with van der Waals surface area (Å²) in [5.41, 5.74) is 0. The van der Waals surface area contributed by atoms with Gasteiger partial charge in [0.2, 0.25) is 0 Å². The third-order valence-electron chi connectivity index (χ3n) is 4.24. The molecule has 0 saturated carbocycles. The van der Waals surface area contributed by atoms with Crippen LogP contribution in [0.3, 0.4) is 0 Å². The Hall–Kier alpha value is -1.44. The Bertz CT molecular complexity index is 620. The number of rotatable bonds is 4. The number of carbonyl (C=O) groups excluding carboxylic acids is 1. The van der Waals surface area contributed by atoms with Gasteiger partial charge >= 0.3 is 6.03 Å². The summed E-state index contributed by atoms with van der Waals surface area (Å²) in [5.74, 6) is 2.58. The molecule has 0 fully saturated rings. The summed E-state index contributed by atoms with van der Waals surface area (Å²) in [6.45, 7) is 13.7. The van der Waals surface area contributed by atoms with E-state index in [1.807, 2.05) is 27.7 Å². The molecule has 2 atom stereocenters. The third-order valence-corrected chi connectivity index (χ3v) is 6.18.